The van der Waals surface area contributed by atoms with E-state index in [0.29, 0.717) is 17.8 Å². The Morgan fingerprint density at radius 3 is 2.32 bits per heavy atom. The van der Waals surface area contributed by atoms with Crippen molar-refractivity contribution in [3.8, 4) is 0 Å². The minimum absolute atomic E-state index is 0.00815. The van der Waals surface area contributed by atoms with Crippen molar-refractivity contribution in [1.82, 2.24) is 0 Å². The highest BCUT2D eigenvalue weighted by atomic mass is 32.1. The molecule has 2 saturated carbocycles. The van der Waals surface area contributed by atoms with Crippen LogP contribution in [-0.2, 0) is 15.1 Å². The van der Waals surface area contributed by atoms with Crippen molar-refractivity contribution in [3.05, 3.63) is 29.8 Å². The molecule has 2 fully saturated rings. The van der Waals surface area contributed by atoms with E-state index >= 15 is 0 Å². The van der Waals surface area contributed by atoms with Gasteiger partial charge < -0.3 is 4.74 Å². The highest BCUT2D eigenvalue weighted by Gasteiger charge is 2.52. The van der Waals surface area contributed by atoms with Crippen LogP contribution in [0.4, 0.5) is 0 Å². The average molecular weight is 318 g/mol. The fourth-order valence-electron chi connectivity index (χ4n) is 4.46. The first kappa shape index (κ1) is 15.9. The predicted molar refractivity (Wildman–Crippen MR) is 90.8 cm³/mol. The number of fused-ring (bicyclic) bond motifs is 2. The number of benzene rings is 1. The summed E-state index contributed by atoms with van der Waals surface area (Å²) in [5.74, 6) is 2.71. The molecule has 0 radical (unpaired) electrons. The molecule has 2 bridgehead atoms. The van der Waals surface area contributed by atoms with Gasteiger partial charge in [0.25, 0.3) is 0 Å². The van der Waals surface area contributed by atoms with Crippen molar-refractivity contribution in [2.75, 3.05) is 0 Å². The van der Waals surface area contributed by atoms with E-state index in [1.807, 2.05) is 38.1 Å². The standard InChI is InChI=1S/C19H26O2S/c1-11-12(2)16-9-13(11)10-17(16)18(20)21-19(3,4)14-5-7-15(22)8-6-14/h5-8,11-13,16-17,22H,9-10H2,1-4H3. The molecule has 120 valence electrons. The van der Waals surface area contributed by atoms with Crippen molar-refractivity contribution in [3.63, 3.8) is 0 Å². The van der Waals surface area contributed by atoms with Gasteiger partial charge in [-0.3, -0.25) is 4.79 Å². The summed E-state index contributed by atoms with van der Waals surface area (Å²) in [6, 6.07) is 7.85. The minimum atomic E-state index is -0.588. The highest BCUT2D eigenvalue weighted by molar-refractivity contribution is 7.80. The summed E-state index contributed by atoms with van der Waals surface area (Å²) >= 11 is 4.31. The normalized spacial score (nSPS) is 34.0. The second-order valence-electron chi connectivity index (χ2n) is 7.70. The Morgan fingerprint density at radius 2 is 1.77 bits per heavy atom. The quantitative estimate of drug-likeness (QED) is 0.647. The van der Waals surface area contributed by atoms with Gasteiger partial charge in [0.1, 0.15) is 5.60 Å². The summed E-state index contributed by atoms with van der Waals surface area (Å²) in [7, 11) is 0. The molecule has 0 saturated heterocycles. The number of carbonyl (C=O) groups excluding carboxylic acids is 1. The molecule has 0 aromatic heterocycles. The lowest BCUT2D eigenvalue weighted by Gasteiger charge is -2.33. The molecular formula is C19H26O2S. The molecule has 2 nitrogen and oxygen atoms in total. The van der Waals surface area contributed by atoms with Crippen LogP contribution in [0.5, 0.6) is 0 Å². The van der Waals surface area contributed by atoms with E-state index in [2.05, 4.69) is 26.5 Å². The van der Waals surface area contributed by atoms with E-state index in [0.717, 1.165) is 22.8 Å². The second kappa shape index (κ2) is 5.59. The third kappa shape index (κ3) is 2.68. The monoisotopic (exact) mass is 318 g/mol. The van der Waals surface area contributed by atoms with Gasteiger partial charge in [-0.05, 0) is 68.1 Å². The number of ether oxygens (including phenoxy) is 1. The first-order valence-electron chi connectivity index (χ1n) is 8.32. The minimum Gasteiger partial charge on any atom is -0.455 e. The van der Waals surface area contributed by atoms with Crippen LogP contribution in [0.1, 0.15) is 46.1 Å². The lowest BCUT2D eigenvalue weighted by Crippen LogP contribution is -2.35. The van der Waals surface area contributed by atoms with Crippen LogP contribution in [0, 0.1) is 29.6 Å². The van der Waals surface area contributed by atoms with E-state index in [4.69, 9.17) is 4.74 Å². The fraction of sp³-hybridized carbons (Fsp3) is 0.632. The SMILES string of the molecule is CC1C2CC(C(=O)OC(C)(C)c3ccc(S)cc3)C(C2)C1C. The Morgan fingerprint density at radius 1 is 1.14 bits per heavy atom. The molecule has 0 heterocycles. The summed E-state index contributed by atoms with van der Waals surface area (Å²) in [6.07, 6.45) is 2.22. The van der Waals surface area contributed by atoms with Crippen molar-refractivity contribution < 1.29 is 9.53 Å². The maximum absolute atomic E-state index is 12.7. The van der Waals surface area contributed by atoms with Gasteiger partial charge in [-0.1, -0.05) is 26.0 Å². The maximum Gasteiger partial charge on any atom is 0.310 e. The molecule has 5 atom stereocenters. The predicted octanol–water partition coefficient (Wildman–Crippen LogP) is 4.68. The molecule has 5 unspecified atom stereocenters. The van der Waals surface area contributed by atoms with Crippen LogP contribution in [0.2, 0.25) is 0 Å². The third-order valence-electron chi connectivity index (χ3n) is 6.12. The Bertz CT molecular complexity index is 561. The summed E-state index contributed by atoms with van der Waals surface area (Å²) in [5, 5.41) is 0. The van der Waals surface area contributed by atoms with Gasteiger partial charge in [0.2, 0.25) is 0 Å². The number of hydrogen-bond donors (Lipinski definition) is 1. The zero-order valence-electron chi connectivity index (χ0n) is 13.9. The molecule has 0 aliphatic heterocycles. The number of esters is 1. The second-order valence-corrected chi connectivity index (χ2v) is 8.21. The van der Waals surface area contributed by atoms with E-state index in [1.165, 1.54) is 6.42 Å². The van der Waals surface area contributed by atoms with E-state index in [9.17, 15) is 4.79 Å². The van der Waals surface area contributed by atoms with Crippen LogP contribution < -0.4 is 0 Å². The highest BCUT2D eigenvalue weighted by Crippen LogP contribution is 2.55. The first-order valence-corrected chi connectivity index (χ1v) is 8.76. The lowest BCUT2D eigenvalue weighted by atomic mass is 9.76. The lowest BCUT2D eigenvalue weighted by molar-refractivity contribution is -0.165. The van der Waals surface area contributed by atoms with Gasteiger partial charge in [-0.25, -0.2) is 0 Å². The van der Waals surface area contributed by atoms with Crippen molar-refractivity contribution in [2.24, 2.45) is 29.6 Å². The fourth-order valence-corrected chi connectivity index (χ4v) is 4.61. The van der Waals surface area contributed by atoms with Crippen LogP contribution in [0.25, 0.3) is 0 Å². The van der Waals surface area contributed by atoms with Gasteiger partial charge in [-0.2, -0.15) is 0 Å². The van der Waals surface area contributed by atoms with Crippen LogP contribution in [0.3, 0.4) is 0 Å². The number of rotatable bonds is 3. The molecule has 3 heteroatoms. The smallest absolute Gasteiger partial charge is 0.310 e. The molecule has 3 rings (SSSR count). The van der Waals surface area contributed by atoms with Gasteiger partial charge >= 0.3 is 5.97 Å². The van der Waals surface area contributed by atoms with Crippen LogP contribution >= 0.6 is 12.6 Å². The Kier molecular flexibility index (Phi) is 4.05. The third-order valence-corrected chi connectivity index (χ3v) is 6.42. The summed E-state index contributed by atoms with van der Waals surface area (Å²) in [5.41, 5.74) is 0.429. The van der Waals surface area contributed by atoms with Crippen LogP contribution in [0.15, 0.2) is 29.2 Å². The average Bonchev–Trinajstić information content (AvgIpc) is 3.00. The molecule has 22 heavy (non-hydrogen) atoms. The Labute approximate surface area is 139 Å². The molecule has 0 amide bonds. The first-order chi connectivity index (χ1) is 10.3. The van der Waals surface area contributed by atoms with E-state index < -0.39 is 5.60 Å². The molecule has 0 N–H and O–H groups in total. The molecule has 1 aromatic rings. The zero-order chi connectivity index (χ0) is 16.1. The maximum atomic E-state index is 12.7. The topological polar surface area (TPSA) is 26.3 Å². The largest absolute Gasteiger partial charge is 0.455 e. The van der Waals surface area contributed by atoms with Gasteiger partial charge in [0.15, 0.2) is 0 Å². The molecular weight excluding hydrogens is 292 g/mol. The number of thiol groups is 1. The summed E-state index contributed by atoms with van der Waals surface area (Å²) < 4.78 is 5.92. The Hall–Kier alpha value is -0.960. The number of carbonyl (C=O) groups is 1. The van der Waals surface area contributed by atoms with Crippen molar-refractivity contribution in [1.29, 1.82) is 0 Å². The van der Waals surface area contributed by atoms with Gasteiger partial charge in [0, 0.05) is 4.90 Å². The summed E-state index contributed by atoms with van der Waals surface area (Å²) in [4.78, 5) is 13.6. The zero-order valence-corrected chi connectivity index (χ0v) is 14.8. The molecule has 2 aliphatic carbocycles. The van der Waals surface area contributed by atoms with Crippen molar-refractivity contribution in [2.45, 2.75) is 51.0 Å². The number of hydrogen-bond acceptors (Lipinski definition) is 3. The molecule has 1 aromatic carbocycles. The van der Waals surface area contributed by atoms with E-state index in [1.54, 1.807) is 0 Å². The molecule has 0 spiro atoms. The van der Waals surface area contributed by atoms with E-state index in [-0.39, 0.29) is 11.9 Å². The molecule has 2 aliphatic rings. The van der Waals surface area contributed by atoms with Crippen molar-refractivity contribution >= 4 is 18.6 Å². The Balaban J connectivity index is 1.70. The van der Waals surface area contributed by atoms with Gasteiger partial charge in [0.05, 0.1) is 5.92 Å². The van der Waals surface area contributed by atoms with Gasteiger partial charge in [-0.15, -0.1) is 12.6 Å². The summed E-state index contributed by atoms with van der Waals surface area (Å²) in [6.45, 7) is 8.57. The van der Waals surface area contributed by atoms with Crippen LogP contribution in [-0.4, -0.2) is 5.97 Å².